The molecule has 1 aromatic rings. The lowest BCUT2D eigenvalue weighted by molar-refractivity contribution is -0.124. The van der Waals surface area contributed by atoms with Gasteiger partial charge in [0.1, 0.15) is 16.2 Å². The van der Waals surface area contributed by atoms with Gasteiger partial charge in [0.2, 0.25) is 5.91 Å². The third-order valence-electron chi connectivity index (χ3n) is 3.56. The van der Waals surface area contributed by atoms with Crippen molar-refractivity contribution in [2.24, 2.45) is 5.92 Å². The van der Waals surface area contributed by atoms with Gasteiger partial charge >= 0.3 is 0 Å². The van der Waals surface area contributed by atoms with Crippen molar-refractivity contribution in [2.45, 2.75) is 32.6 Å². The van der Waals surface area contributed by atoms with E-state index in [0.717, 1.165) is 55.0 Å². The summed E-state index contributed by atoms with van der Waals surface area (Å²) in [6, 6.07) is 1.94. The molecule has 1 unspecified atom stereocenters. The Morgan fingerprint density at radius 2 is 2.35 bits per heavy atom. The second-order valence-corrected chi connectivity index (χ2v) is 5.93. The molecular formula is C14H21BrN4O. The molecule has 2 rings (SSSR count). The Bertz CT molecular complexity index is 480. The summed E-state index contributed by atoms with van der Waals surface area (Å²) < 4.78 is 0.813. The lowest BCUT2D eigenvalue weighted by atomic mass is 9.97. The quantitative estimate of drug-likeness (QED) is 0.853. The molecule has 1 atom stereocenters. The molecule has 0 bridgehead atoms. The topological polar surface area (TPSA) is 58.1 Å². The maximum Gasteiger partial charge on any atom is 0.224 e. The Hall–Kier alpha value is -1.17. The Balaban J connectivity index is 2.15. The van der Waals surface area contributed by atoms with Crippen molar-refractivity contribution in [3.05, 3.63) is 16.5 Å². The van der Waals surface area contributed by atoms with E-state index < -0.39 is 0 Å². The maximum absolute atomic E-state index is 11.8. The molecule has 0 aromatic carbocycles. The molecule has 1 amide bonds. The van der Waals surface area contributed by atoms with Crippen LogP contribution in [0.4, 0.5) is 5.82 Å². The molecule has 2 heterocycles. The molecule has 0 saturated carbocycles. The molecule has 1 saturated heterocycles. The summed E-state index contributed by atoms with van der Waals surface area (Å²) in [7, 11) is 1.70. The van der Waals surface area contributed by atoms with Gasteiger partial charge in [0.25, 0.3) is 0 Å². The van der Waals surface area contributed by atoms with E-state index in [1.807, 2.05) is 6.07 Å². The Morgan fingerprint density at radius 1 is 1.55 bits per heavy atom. The number of nitrogens with zero attached hydrogens (tertiary/aromatic N) is 3. The van der Waals surface area contributed by atoms with Crippen LogP contribution >= 0.6 is 15.9 Å². The number of halogens is 1. The first-order valence-corrected chi connectivity index (χ1v) is 7.93. The number of nitrogens with one attached hydrogen (secondary N) is 1. The average Bonchev–Trinajstić information content (AvgIpc) is 2.46. The highest BCUT2D eigenvalue weighted by Gasteiger charge is 2.26. The highest BCUT2D eigenvalue weighted by molar-refractivity contribution is 9.10. The largest absolute Gasteiger partial charge is 0.359 e. The monoisotopic (exact) mass is 340 g/mol. The van der Waals surface area contributed by atoms with Gasteiger partial charge in [-0.2, -0.15) is 0 Å². The van der Waals surface area contributed by atoms with Gasteiger partial charge in [-0.1, -0.05) is 6.92 Å². The first-order chi connectivity index (χ1) is 9.63. The number of rotatable bonds is 4. The van der Waals surface area contributed by atoms with Crippen LogP contribution in [0.25, 0.3) is 0 Å². The van der Waals surface area contributed by atoms with E-state index in [2.05, 4.69) is 43.0 Å². The molecule has 6 heteroatoms. The number of piperidine rings is 1. The van der Waals surface area contributed by atoms with E-state index >= 15 is 0 Å². The van der Waals surface area contributed by atoms with E-state index in [1.54, 1.807) is 7.05 Å². The Labute approximate surface area is 128 Å². The lowest BCUT2D eigenvalue weighted by Gasteiger charge is -2.32. The number of hydrogen-bond donors (Lipinski definition) is 1. The minimum atomic E-state index is 0.0529. The number of amides is 1. The molecule has 1 fully saturated rings. The summed E-state index contributed by atoms with van der Waals surface area (Å²) in [5, 5.41) is 2.74. The molecule has 0 radical (unpaired) electrons. The van der Waals surface area contributed by atoms with Crippen LogP contribution in [0.3, 0.4) is 0 Å². The van der Waals surface area contributed by atoms with E-state index in [0.29, 0.717) is 0 Å². The minimum Gasteiger partial charge on any atom is -0.359 e. The summed E-state index contributed by atoms with van der Waals surface area (Å²) >= 11 is 3.45. The van der Waals surface area contributed by atoms with Gasteiger partial charge in [-0.15, -0.1) is 0 Å². The average molecular weight is 341 g/mol. The number of hydrogen-bond acceptors (Lipinski definition) is 4. The zero-order valence-electron chi connectivity index (χ0n) is 12.0. The van der Waals surface area contributed by atoms with Gasteiger partial charge in [0.15, 0.2) is 0 Å². The standard InChI is InChI=1S/C14H21BrN4O/c1-3-5-12-17-11(15)8-13(18-12)19-7-4-6-10(9-19)14(20)16-2/h8,10H,3-7,9H2,1-2H3,(H,16,20). The fourth-order valence-electron chi connectivity index (χ4n) is 2.55. The van der Waals surface area contributed by atoms with Crippen LogP contribution in [0.15, 0.2) is 10.7 Å². The van der Waals surface area contributed by atoms with Crippen molar-refractivity contribution in [2.75, 3.05) is 25.0 Å². The summed E-state index contributed by atoms with van der Waals surface area (Å²) in [6.07, 6.45) is 3.86. The van der Waals surface area contributed by atoms with Gasteiger partial charge in [-0.05, 0) is 35.2 Å². The van der Waals surface area contributed by atoms with Gasteiger partial charge in [0, 0.05) is 32.6 Å². The number of aromatic nitrogens is 2. The van der Waals surface area contributed by atoms with Crippen molar-refractivity contribution >= 4 is 27.7 Å². The first-order valence-electron chi connectivity index (χ1n) is 7.14. The number of carbonyl (C=O) groups excluding carboxylic acids is 1. The van der Waals surface area contributed by atoms with Gasteiger partial charge < -0.3 is 10.2 Å². The lowest BCUT2D eigenvalue weighted by Crippen LogP contribution is -2.42. The molecule has 110 valence electrons. The number of anilines is 1. The van der Waals surface area contributed by atoms with Crippen molar-refractivity contribution in [1.82, 2.24) is 15.3 Å². The van der Waals surface area contributed by atoms with Crippen molar-refractivity contribution in [3.63, 3.8) is 0 Å². The first kappa shape index (κ1) is 15.2. The zero-order chi connectivity index (χ0) is 14.5. The second-order valence-electron chi connectivity index (χ2n) is 5.11. The van der Waals surface area contributed by atoms with E-state index in [4.69, 9.17) is 0 Å². The SMILES string of the molecule is CCCc1nc(Br)cc(N2CCCC(C(=O)NC)C2)n1. The Kier molecular flexibility index (Phi) is 5.34. The van der Waals surface area contributed by atoms with E-state index in [9.17, 15) is 4.79 Å². The molecule has 1 aromatic heterocycles. The summed E-state index contributed by atoms with van der Waals surface area (Å²) in [5.74, 6) is 1.96. The van der Waals surface area contributed by atoms with Crippen LogP contribution in [0.2, 0.25) is 0 Å². The fourth-order valence-corrected chi connectivity index (χ4v) is 2.96. The van der Waals surface area contributed by atoms with Crippen LogP contribution in [0.1, 0.15) is 32.0 Å². The molecule has 1 aliphatic rings. The molecular weight excluding hydrogens is 320 g/mol. The predicted octanol–water partition coefficient (Wildman–Crippen LogP) is 2.15. The van der Waals surface area contributed by atoms with Crippen molar-refractivity contribution in [3.8, 4) is 0 Å². The predicted molar refractivity (Wildman–Crippen MR) is 82.7 cm³/mol. The zero-order valence-corrected chi connectivity index (χ0v) is 13.6. The summed E-state index contributed by atoms with van der Waals surface area (Å²) in [5.41, 5.74) is 0. The van der Waals surface area contributed by atoms with E-state index in [-0.39, 0.29) is 11.8 Å². The van der Waals surface area contributed by atoms with Crippen molar-refractivity contribution in [1.29, 1.82) is 0 Å². The van der Waals surface area contributed by atoms with Crippen molar-refractivity contribution < 1.29 is 4.79 Å². The summed E-state index contributed by atoms with van der Waals surface area (Å²) in [4.78, 5) is 23.0. The van der Waals surface area contributed by atoms with Crippen LogP contribution < -0.4 is 10.2 Å². The highest BCUT2D eigenvalue weighted by atomic mass is 79.9. The Morgan fingerprint density at radius 3 is 3.05 bits per heavy atom. The molecule has 1 N–H and O–H groups in total. The molecule has 5 nitrogen and oxygen atoms in total. The molecule has 20 heavy (non-hydrogen) atoms. The van der Waals surface area contributed by atoms with Gasteiger partial charge in [-0.25, -0.2) is 9.97 Å². The highest BCUT2D eigenvalue weighted by Crippen LogP contribution is 2.24. The normalized spacial score (nSPS) is 18.9. The number of aryl methyl sites for hydroxylation is 1. The van der Waals surface area contributed by atoms with Crippen LogP contribution in [0.5, 0.6) is 0 Å². The van der Waals surface area contributed by atoms with Gasteiger partial charge in [-0.3, -0.25) is 4.79 Å². The third kappa shape index (κ3) is 3.69. The van der Waals surface area contributed by atoms with Gasteiger partial charge in [0.05, 0.1) is 5.92 Å². The minimum absolute atomic E-state index is 0.0529. The summed E-state index contributed by atoms with van der Waals surface area (Å²) in [6.45, 7) is 3.80. The molecule has 0 spiro atoms. The van der Waals surface area contributed by atoms with Crippen LogP contribution in [-0.4, -0.2) is 36.0 Å². The van der Waals surface area contributed by atoms with Crippen LogP contribution in [-0.2, 0) is 11.2 Å². The fraction of sp³-hybridized carbons (Fsp3) is 0.643. The number of carbonyl (C=O) groups is 1. The second kappa shape index (κ2) is 7.02. The third-order valence-corrected chi connectivity index (χ3v) is 3.97. The molecule has 1 aliphatic heterocycles. The maximum atomic E-state index is 11.8. The molecule has 0 aliphatic carbocycles. The van der Waals surface area contributed by atoms with Crippen LogP contribution in [0, 0.1) is 5.92 Å². The smallest absolute Gasteiger partial charge is 0.224 e. The van der Waals surface area contributed by atoms with E-state index in [1.165, 1.54) is 0 Å².